The number of ether oxygens (including phenoxy) is 3. The van der Waals surface area contributed by atoms with Gasteiger partial charge in [-0.2, -0.15) is 0 Å². The zero-order chi connectivity index (χ0) is 20.4. The Morgan fingerprint density at radius 1 is 0.964 bits per heavy atom. The molecule has 0 N–H and O–H groups in total. The molecule has 2 aromatic carbocycles. The van der Waals surface area contributed by atoms with Crippen LogP contribution in [0.15, 0.2) is 66.4 Å². The Morgan fingerprint density at radius 2 is 1.64 bits per heavy atom. The third kappa shape index (κ3) is 6.58. The number of hydrogen-bond acceptors (Lipinski definition) is 5. The Balaban J connectivity index is 1.91. The zero-order valence-corrected chi connectivity index (χ0v) is 16.5. The van der Waals surface area contributed by atoms with E-state index in [1.165, 1.54) is 6.92 Å². The predicted molar refractivity (Wildman–Crippen MR) is 107 cm³/mol. The minimum atomic E-state index is -0.579. The van der Waals surface area contributed by atoms with Crippen LogP contribution in [0.25, 0.3) is 0 Å². The van der Waals surface area contributed by atoms with Gasteiger partial charge >= 0.3 is 11.9 Å². The van der Waals surface area contributed by atoms with Gasteiger partial charge in [0.15, 0.2) is 0 Å². The van der Waals surface area contributed by atoms with Crippen molar-refractivity contribution in [1.29, 1.82) is 0 Å². The highest BCUT2D eigenvalue weighted by Crippen LogP contribution is 2.18. The predicted octanol–water partition coefficient (Wildman–Crippen LogP) is 5.31. The SMILES string of the molecule is CCCC(CC)Oc1ccc(C(=O)OC=C(C)C(=O)Oc2ccccc2)cc1. The quantitative estimate of drug-likeness (QED) is 0.254. The van der Waals surface area contributed by atoms with Gasteiger partial charge in [0.25, 0.3) is 0 Å². The molecule has 0 spiro atoms. The van der Waals surface area contributed by atoms with Crippen LogP contribution in [0.5, 0.6) is 11.5 Å². The molecule has 1 unspecified atom stereocenters. The van der Waals surface area contributed by atoms with Gasteiger partial charge in [-0.05, 0) is 56.2 Å². The highest BCUT2D eigenvalue weighted by molar-refractivity contribution is 5.92. The molecule has 5 heteroatoms. The highest BCUT2D eigenvalue weighted by Gasteiger charge is 2.12. The lowest BCUT2D eigenvalue weighted by molar-refractivity contribution is -0.130. The van der Waals surface area contributed by atoms with Crippen molar-refractivity contribution in [3.8, 4) is 11.5 Å². The van der Waals surface area contributed by atoms with E-state index in [1.54, 1.807) is 48.5 Å². The van der Waals surface area contributed by atoms with Crippen molar-refractivity contribution in [2.75, 3.05) is 0 Å². The van der Waals surface area contributed by atoms with Crippen LogP contribution in [-0.2, 0) is 9.53 Å². The van der Waals surface area contributed by atoms with Crippen LogP contribution in [0.1, 0.15) is 50.4 Å². The van der Waals surface area contributed by atoms with E-state index in [0.29, 0.717) is 11.3 Å². The Bertz CT molecular complexity index is 794. The molecule has 0 heterocycles. The maximum atomic E-state index is 12.2. The average Bonchev–Trinajstić information content (AvgIpc) is 2.72. The molecule has 2 rings (SSSR count). The van der Waals surface area contributed by atoms with Crippen molar-refractivity contribution in [2.24, 2.45) is 0 Å². The number of esters is 2. The minimum Gasteiger partial charge on any atom is -0.490 e. The average molecular weight is 382 g/mol. The normalized spacial score (nSPS) is 12.2. The van der Waals surface area contributed by atoms with Crippen molar-refractivity contribution in [3.05, 3.63) is 72.0 Å². The summed E-state index contributed by atoms with van der Waals surface area (Å²) >= 11 is 0. The molecule has 5 nitrogen and oxygen atoms in total. The number of rotatable bonds is 9. The van der Waals surface area contributed by atoms with E-state index in [0.717, 1.165) is 31.3 Å². The fourth-order valence-electron chi connectivity index (χ4n) is 2.46. The molecule has 0 saturated heterocycles. The van der Waals surface area contributed by atoms with Crippen LogP contribution < -0.4 is 9.47 Å². The fraction of sp³-hybridized carbons (Fsp3) is 0.304. The lowest BCUT2D eigenvalue weighted by atomic mass is 10.1. The molecule has 1 atom stereocenters. The standard InChI is InChI=1S/C23H26O5/c1-4-9-19(5-2)27-21-14-12-18(13-15-21)23(25)26-16-17(3)22(24)28-20-10-7-6-8-11-20/h6-8,10-16,19H,4-5,9H2,1-3H3. The highest BCUT2D eigenvalue weighted by atomic mass is 16.5. The molecule has 0 aliphatic rings. The summed E-state index contributed by atoms with van der Waals surface area (Å²) in [6.07, 6.45) is 4.25. The Hall–Kier alpha value is -3.08. The van der Waals surface area contributed by atoms with Crippen molar-refractivity contribution in [3.63, 3.8) is 0 Å². The van der Waals surface area contributed by atoms with Crippen molar-refractivity contribution in [1.82, 2.24) is 0 Å². The third-order valence-electron chi connectivity index (χ3n) is 4.08. The molecule has 148 valence electrons. The van der Waals surface area contributed by atoms with Crippen LogP contribution in [-0.4, -0.2) is 18.0 Å². The first-order chi connectivity index (χ1) is 13.5. The smallest absolute Gasteiger partial charge is 0.342 e. The van der Waals surface area contributed by atoms with E-state index in [-0.39, 0.29) is 11.7 Å². The van der Waals surface area contributed by atoms with Crippen LogP contribution in [0, 0.1) is 0 Å². The Labute approximate surface area is 165 Å². The second kappa shape index (κ2) is 10.9. The van der Waals surface area contributed by atoms with Gasteiger partial charge in [-0.15, -0.1) is 0 Å². The number of benzene rings is 2. The van der Waals surface area contributed by atoms with Crippen LogP contribution in [0.3, 0.4) is 0 Å². The van der Waals surface area contributed by atoms with Gasteiger partial charge in [0.05, 0.1) is 17.2 Å². The van der Waals surface area contributed by atoms with Crippen molar-refractivity contribution in [2.45, 2.75) is 46.1 Å². The Morgan fingerprint density at radius 3 is 2.25 bits per heavy atom. The second-order valence-corrected chi connectivity index (χ2v) is 6.37. The van der Waals surface area contributed by atoms with Crippen LogP contribution >= 0.6 is 0 Å². The lowest BCUT2D eigenvalue weighted by Gasteiger charge is -2.16. The maximum Gasteiger partial charge on any atom is 0.342 e. The van der Waals surface area contributed by atoms with Crippen molar-refractivity contribution >= 4 is 11.9 Å². The summed E-state index contributed by atoms with van der Waals surface area (Å²) < 4.78 is 16.2. The van der Waals surface area contributed by atoms with E-state index in [4.69, 9.17) is 14.2 Å². The molecule has 0 aromatic heterocycles. The van der Waals surface area contributed by atoms with E-state index >= 15 is 0 Å². The molecular weight excluding hydrogens is 356 g/mol. The Kier molecular flexibility index (Phi) is 8.28. The van der Waals surface area contributed by atoms with Gasteiger partial charge < -0.3 is 14.2 Å². The molecular formula is C23H26O5. The summed E-state index contributed by atoms with van der Waals surface area (Å²) in [4.78, 5) is 24.2. The van der Waals surface area contributed by atoms with Gasteiger partial charge in [-0.25, -0.2) is 9.59 Å². The summed E-state index contributed by atoms with van der Waals surface area (Å²) in [7, 11) is 0. The molecule has 0 radical (unpaired) electrons. The van der Waals surface area contributed by atoms with E-state index in [2.05, 4.69) is 13.8 Å². The summed E-state index contributed by atoms with van der Waals surface area (Å²) in [6.45, 7) is 5.73. The summed E-state index contributed by atoms with van der Waals surface area (Å²) in [5.74, 6) is 0.00826. The summed E-state index contributed by atoms with van der Waals surface area (Å²) in [5.41, 5.74) is 0.555. The first-order valence-electron chi connectivity index (χ1n) is 9.45. The van der Waals surface area contributed by atoms with Gasteiger partial charge in [-0.1, -0.05) is 38.5 Å². The van der Waals surface area contributed by atoms with E-state index in [1.807, 2.05) is 6.07 Å². The molecule has 0 fully saturated rings. The topological polar surface area (TPSA) is 61.8 Å². The van der Waals surface area contributed by atoms with E-state index < -0.39 is 11.9 Å². The van der Waals surface area contributed by atoms with Gasteiger partial charge in [0, 0.05) is 0 Å². The first kappa shape index (κ1) is 21.2. The van der Waals surface area contributed by atoms with Crippen LogP contribution in [0.4, 0.5) is 0 Å². The second-order valence-electron chi connectivity index (χ2n) is 6.37. The number of hydrogen-bond donors (Lipinski definition) is 0. The molecule has 0 aliphatic carbocycles. The van der Waals surface area contributed by atoms with Crippen molar-refractivity contribution < 1.29 is 23.8 Å². The lowest BCUT2D eigenvalue weighted by Crippen LogP contribution is -2.14. The van der Waals surface area contributed by atoms with Crippen LogP contribution in [0.2, 0.25) is 0 Å². The monoisotopic (exact) mass is 382 g/mol. The number of carbonyl (C=O) groups excluding carboxylic acids is 2. The minimum absolute atomic E-state index is 0.170. The molecule has 0 amide bonds. The molecule has 0 saturated carbocycles. The summed E-state index contributed by atoms with van der Waals surface area (Å²) in [6, 6.07) is 15.5. The molecule has 28 heavy (non-hydrogen) atoms. The number of para-hydroxylation sites is 1. The van der Waals surface area contributed by atoms with Gasteiger partial charge in [-0.3, -0.25) is 0 Å². The van der Waals surface area contributed by atoms with E-state index in [9.17, 15) is 9.59 Å². The molecule has 0 aliphatic heterocycles. The van der Waals surface area contributed by atoms with Gasteiger partial charge in [0.2, 0.25) is 0 Å². The fourth-order valence-corrected chi connectivity index (χ4v) is 2.46. The molecule has 2 aromatic rings. The third-order valence-corrected chi connectivity index (χ3v) is 4.08. The largest absolute Gasteiger partial charge is 0.490 e. The number of carbonyl (C=O) groups is 2. The first-order valence-corrected chi connectivity index (χ1v) is 9.45. The maximum absolute atomic E-state index is 12.2. The zero-order valence-electron chi connectivity index (χ0n) is 16.5. The van der Waals surface area contributed by atoms with Gasteiger partial charge in [0.1, 0.15) is 17.8 Å². The summed E-state index contributed by atoms with van der Waals surface area (Å²) in [5, 5.41) is 0. The molecule has 0 bridgehead atoms.